The second kappa shape index (κ2) is 4.58. The van der Waals surface area contributed by atoms with Crippen molar-refractivity contribution >= 4 is 29.1 Å². The van der Waals surface area contributed by atoms with E-state index in [1.54, 1.807) is 6.92 Å². The molecule has 0 bridgehead atoms. The Morgan fingerprint density at radius 1 is 1.19 bits per heavy atom. The SMILES string of the molecule is CC1(c2cc(F)cc(Cl)c2)NC(=O)c2ccc(Cl)c(=O)n21. The highest BCUT2D eigenvalue weighted by Crippen LogP contribution is 2.31. The fraction of sp³-hybridized carbons (Fsp3) is 0.143. The van der Waals surface area contributed by atoms with Gasteiger partial charge in [-0.2, -0.15) is 0 Å². The smallest absolute Gasteiger partial charge is 0.272 e. The lowest BCUT2D eigenvalue weighted by Crippen LogP contribution is -2.45. The molecule has 1 unspecified atom stereocenters. The molecule has 4 nitrogen and oxygen atoms in total. The molecule has 1 atom stereocenters. The van der Waals surface area contributed by atoms with Gasteiger partial charge in [0.05, 0.1) is 0 Å². The van der Waals surface area contributed by atoms with Crippen molar-refractivity contribution in [1.29, 1.82) is 0 Å². The molecule has 1 aromatic heterocycles. The fourth-order valence-corrected chi connectivity index (χ4v) is 2.88. The molecule has 1 amide bonds. The Labute approximate surface area is 129 Å². The van der Waals surface area contributed by atoms with Crippen LogP contribution < -0.4 is 10.9 Å². The van der Waals surface area contributed by atoms with E-state index in [1.165, 1.54) is 28.8 Å². The molecule has 0 aliphatic carbocycles. The lowest BCUT2D eigenvalue weighted by molar-refractivity contribution is 0.0941. The summed E-state index contributed by atoms with van der Waals surface area (Å²) in [5, 5.41) is 2.82. The van der Waals surface area contributed by atoms with Crippen LogP contribution in [0.4, 0.5) is 4.39 Å². The normalized spacial score (nSPS) is 20.3. The van der Waals surface area contributed by atoms with E-state index >= 15 is 0 Å². The molecule has 1 aliphatic rings. The fourth-order valence-electron chi connectivity index (χ4n) is 2.51. The highest BCUT2D eigenvalue weighted by molar-refractivity contribution is 6.31. The molecule has 2 heterocycles. The predicted octanol–water partition coefficient (Wildman–Crippen LogP) is 2.76. The summed E-state index contributed by atoms with van der Waals surface area (Å²) in [4.78, 5) is 24.3. The standard InChI is InChI=1S/C14H9Cl2FN2O2/c1-14(7-4-8(15)6-9(17)5-7)18-12(20)11-3-2-10(16)13(21)19(11)14/h2-6H,1H3,(H,18,20). The maximum atomic E-state index is 13.6. The third-order valence-electron chi connectivity index (χ3n) is 3.50. The van der Waals surface area contributed by atoms with Gasteiger partial charge in [-0.1, -0.05) is 23.2 Å². The zero-order valence-electron chi connectivity index (χ0n) is 10.8. The van der Waals surface area contributed by atoms with Gasteiger partial charge in [-0.05, 0) is 37.3 Å². The lowest BCUT2D eigenvalue weighted by atomic mass is 10.0. The maximum Gasteiger partial charge on any atom is 0.272 e. The molecule has 1 aromatic carbocycles. The molecule has 21 heavy (non-hydrogen) atoms. The number of fused-ring (bicyclic) bond motifs is 1. The van der Waals surface area contributed by atoms with E-state index in [1.807, 2.05) is 0 Å². The number of nitrogens with zero attached hydrogens (tertiary/aromatic N) is 1. The Bertz CT molecular complexity index is 814. The third kappa shape index (κ3) is 2.04. The minimum absolute atomic E-state index is 0.0241. The minimum atomic E-state index is -1.25. The van der Waals surface area contributed by atoms with Gasteiger partial charge in [0, 0.05) is 10.6 Å². The summed E-state index contributed by atoms with van der Waals surface area (Å²) >= 11 is 11.7. The number of hydrogen-bond donors (Lipinski definition) is 1. The molecule has 108 valence electrons. The van der Waals surface area contributed by atoms with Gasteiger partial charge in [0.1, 0.15) is 22.2 Å². The number of carbonyl (C=O) groups excluding carboxylic acids is 1. The molecule has 0 saturated carbocycles. The van der Waals surface area contributed by atoms with Gasteiger partial charge in [-0.3, -0.25) is 14.2 Å². The quantitative estimate of drug-likeness (QED) is 0.876. The number of nitrogens with one attached hydrogen (secondary N) is 1. The Morgan fingerprint density at radius 2 is 1.90 bits per heavy atom. The summed E-state index contributed by atoms with van der Waals surface area (Å²) in [6.07, 6.45) is 0. The van der Waals surface area contributed by atoms with E-state index in [-0.39, 0.29) is 15.7 Å². The Hall–Kier alpha value is -1.85. The number of carbonyl (C=O) groups is 1. The van der Waals surface area contributed by atoms with Crippen molar-refractivity contribution in [1.82, 2.24) is 9.88 Å². The molecule has 0 fully saturated rings. The molecule has 0 saturated heterocycles. The lowest BCUT2D eigenvalue weighted by Gasteiger charge is -2.27. The number of amides is 1. The van der Waals surface area contributed by atoms with E-state index in [0.29, 0.717) is 5.56 Å². The van der Waals surface area contributed by atoms with Crippen molar-refractivity contribution in [2.24, 2.45) is 0 Å². The molecule has 7 heteroatoms. The molecule has 1 N–H and O–H groups in total. The summed E-state index contributed by atoms with van der Waals surface area (Å²) in [6, 6.07) is 6.67. The second-order valence-electron chi connectivity index (χ2n) is 4.89. The topological polar surface area (TPSA) is 51.1 Å². The van der Waals surface area contributed by atoms with Gasteiger partial charge in [0.25, 0.3) is 11.5 Å². The van der Waals surface area contributed by atoms with Crippen molar-refractivity contribution in [2.45, 2.75) is 12.6 Å². The van der Waals surface area contributed by atoms with Gasteiger partial charge in [-0.15, -0.1) is 0 Å². The predicted molar refractivity (Wildman–Crippen MR) is 77.3 cm³/mol. The van der Waals surface area contributed by atoms with E-state index in [9.17, 15) is 14.0 Å². The van der Waals surface area contributed by atoms with Crippen molar-refractivity contribution < 1.29 is 9.18 Å². The monoisotopic (exact) mass is 326 g/mol. The van der Waals surface area contributed by atoms with Crippen molar-refractivity contribution in [3.8, 4) is 0 Å². The summed E-state index contributed by atoms with van der Waals surface area (Å²) in [6.45, 7) is 1.59. The number of hydrogen-bond acceptors (Lipinski definition) is 2. The number of aromatic nitrogens is 1. The Kier molecular flexibility index (Phi) is 3.07. The van der Waals surface area contributed by atoms with Crippen LogP contribution in [-0.2, 0) is 5.66 Å². The molecule has 0 radical (unpaired) electrons. The van der Waals surface area contributed by atoms with Gasteiger partial charge in [0.2, 0.25) is 0 Å². The first-order chi connectivity index (χ1) is 9.83. The van der Waals surface area contributed by atoms with Crippen LogP contribution in [-0.4, -0.2) is 10.5 Å². The van der Waals surface area contributed by atoms with Gasteiger partial charge >= 0.3 is 0 Å². The maximum absolute atomic E-state index is 13.6. The molecular formula is C14H9Cl2FN2O2. The van der Waals surface area contributed by atoms with Crippen LogP contribution in [0.5, 0.6) is 0 Å². The van der Waals surface area contributed by atoms with Crippen LogP contribution in [0.3, 0.4) is 0 Å². The second-order valence-corrected chi connectivity index (χ2v) is 5.74. The first-order valence-corrected chi connectivity index (χ1v) is 6.79. The van der Waals surface area contributed by atoms with E-state index in [4.69, 9.17) is 23.2 Å². The zero-order valence-corrected chi connectivity index (χ0v) is 12.3. The van der Waals surface area contributed by atoms with Crippen molar-refractivity contribution in [3.63, 3.8) is 0 Å². The van der Waals surface area contributed by atoms with Crippen molar-refractivity contribution in [2.75, 3.05) is 0 Å². The Morgan fingerprint density at radius 3 is 2.57 bits per heavy atom. The number of halogens is 3. The molecule has 2 aromatic rings. The largest absolute Gasteiger partial charge is 0.324 e. The van der Waals surface area contributed by atoms with Crippen LogP contribution >= 0.6 is 23.2 Å². The van der Waals surface area contributed by atoms with Crippen LogP contribution in [0.2, 0.25) is 10.0 Å². The van der Waals surface area contributed by atoms with Crippen LogP contribution in [0.25, 0.3) is 0 Å². The number of benzene rings is 1. The molecular weight excluding hydrogens is 318 g/mol. The van der Waals surface area contributed by atoms with E-state index in [2.05, 4.69) is 5.32 Å². The Balaban J connectivity index is 2.33. The first-order valence-electron chi connectivity index (χ1n) is 6.04. The molecule has 1 aliphatic heterocycles. The van der Waals surface area contributed by atoms with Crippen LogP contribution in [0.15, 0.2) is 35.1 Å². The van der Waals surface area contributed by atoms with Gasteiger partial charge in [0.15, 0.2) is 0 Å². The van der Waals surface area contributed by atoms with Gasteiger partial charge < -0.3 is 5.32 Å². The third-order valence-corrected chi connectivity index (χ3v) is 4.00. The number of pyridine rings is 1. The molecule has 3 rings (SSSR count). The average molecular weight is 327 g/mol. The van der Waals surface area contributed by atoms with Crippen molar-refractivity contribution in [3.05, 3.63) is 67.8 Å². The average Bonchev–Trinajstić information content (AvgIpc) is 2.66. The number of rotatable bonds is 1. The summed E-state index contributed by atoms with van der Waals surface area (Å²) in [7, 11) is 0. The minimum Gasteiger partial charge on any atom is -0.324 e. The van der Waals surface area contributed by atoms with E-state index < -0.39 is 22.9 Å². The highest BCUT2D eigenvalue weighted by Gasteiger charge is 2.41. The zero-order chi connectivity index (χ0) is 15.4. The molecule has 0 spiro atoms. The van der Waals surface area contributed by atoms with Crippen LogP contribution in [0.1, 0.15) is 23.0 Å². The van der Waals surface area contributed by atoms with Crippen LogP contribution in [0, 0.1) is 5.82 Å². The first kappa shape index (κ1) is 14.1. The van der Waals surface area contributed by atoms with Gasteiger partial charge in [-0.25, -0.2) is 4.39 Å². The summed E-state index contributed by atoms with van der Waals surface area (Å²) < 4.78 is 14.8. The van der Waals surface area contributed by atoms with E-state index in [0.717, 1.165) is 6.07 Å². The highest BCUT2D eigenvalue weighted by atomic mass is 35.5. The summed E-state index contributed by atoms with van der Waals surface area (Å²) in [5.41, 5.74) is -1.27. The summed E-state index contributed by atoms with van der Waals surface area (Å²) in [5.74, 6) is -0.997.